The maximum Gasteiger partial charge on any atom is 0.178 e. The van der Waals surface area contributed by atoms with Crippen LogP contribution >= 0.6 is 8.43 Å². The highest BCUT2D eigenvalue weighted by Gasteiger charge is 2.60. The van der Waals surface area contributed by atoms with E-state index in [0.29, 0.717) is 20.3 Å². The number of ketones is 1. The first-order valence-corrected chi connectivity index (χ1v) is 12.7. The van der Waals surface area contributed by atoms with Gasteiger partial charge in [0, 0.05) is 11.3 Å². The van der Waals surface area contributed by atoms with Crippen molar-refractivity contribution in [3.05, 3.63) is 23.8 Å². The number of ether oxygens (including phenoxy) is 1. The first-order valence-electron chi connectivity index (χ1n) is 11.9. The van der Waals surface area contributed by atoms with E-state index in [4.69, 9.17) is 14.4 Å². The third kappa shape index (κ3) is 4.37. The number of hydrogen-bond acceptors (Lipinski definition) is 5. The second kappa shape index (κ2) is 9.19. The summed E-state index contributed by atoms with van der Waals surface area (Å²) in [5, 5.41) is 20.3. The Labute approximate surface area is 187 Å². The molecule has 0 bridgehead atoms. The minimum Gasteiger partial charge on any atom is -0.393 e. The molecule has 5 nitrogen and oxygen atoms in total. The number of rotatable bonds is 7. The van der Waals surface area contributed by atoms with Crippen molar-refractivity contribution in [1.82, 2.24) is 0 Å². The third-order valence-electron chi connectivity index (χ3n) is 8.42. The zero-order valence-electron chi connectivity index (χ0n) is 19.0. The summed E-state index contributed by atoms with van der Waals surface area (Å²) in [7, 11) is 0.652. The fourth-order valence-electron chi connectivity index (χ4n) is 7.18. The van der Waals surface area contributed by atoms with Gasteiger partial charge in [0.2, 0.25) is 0 Å². The molecule has 0 saturated heterocycles. The molecule has 0 aromatic heterocycles. The molecule has 31 heavy (non-hydrogen) atoms. The van der Waals surface area contributed by atoms with Crippen LogP contribution in [0.2, 0.25) is 0 Å². The molecule has 2 N–H and O–H groups in total. The van der Waals surface area contributed by atoms with Crippen LogP contribution in [0.5, 0.6) is 0 Å². The minimum absolute atomic E-state index is 0.000175. The molecule has 0 heterocycles. The van der Waals surface area contributed by atoms with Gasteiger partial charge in [0.05, 0.1) is 27.2 Å². The van der Waals surface area contributed by atoms with E-state index in [1.165, 1.54) is 5.57 Å². The van der Waals surface area contributed by atoms with Crippen LogP contribution in [0.3, 0.4) is 0 Å². The molecule has 0 spiro atoms. The Balaban J connectivity index is 1.52. The van der Waals surface area contributed by atoms with Gasteiger partial charge in [-0.05, 0) is 73.7 Å². The van der Waals surface area contributed by atoms with E-state index < -0.39 is 0 Å². The predicted molar refractivity (Wildman–Crippen MR) is 123 cm³/mol. The lowest BCUT2D eigenvalue weighted by atomic mass is 9.47. The molecule has 0 aromatic carbocycles. The number of aliphatic hydroxyl groups is 2. The van der Waals surface area contributed by atoms with E-state index in [-0.39, 0.29) is 47.6 Å². The van der Waals surface area contributed by atoms with E-state index in [1.54, 1.807) is 11.9 Å². The summed E-state index contributed by atoms with van der Waals surface area (Å²) in [5.74, 6) is 2.87. The molecular weight excluding hydrogens is 411 g/mol. The number of carbonyl (C=O) groups is 1. The van der Waals surface area contributed by atoms with Gasteiger partial charge < -0.3 is 14.9 Å². The summed E-state index contributed by atoms with van der Waals surface area (Å²) in [6.07, 6.45) is 11.6. The van der Waals surface area contributed by atoms with Gasteiger partial charge in [-0.1, -0.05) is 38.8 Å². The van der Waals surface area contributed by atoms with Gasteiger partial charge in [-0.25, -0.2) is 0 Å². The van der Waals surface area contributed by atoms with Crippen LogP contribution in [-0.2, 0) is 14.1 Å². The van der Waals surface area contributed by atoms with Gasteiger partial charge in [0.15, 0.2) is 12.1 Å². The highest BCUT2D eigenvalue weighted by molar-refractivity contribution is 7.33. The van der Waals surface area contributed by atoms with E-state index >= 15 is 0 Å². The van der Waals surface area contributed by atoms with Gasteiger partial charge in [0.25, 0.3) is 0 Å². The van der Waals surface area contributed by atoms with Crippen molar-refractivity contribution >= 4 is 20.0 Å². The Bertz CT molecular complexity index is 776. The molecule has 0 aromatic rings. The van der Waals surface area contributed by atoms with E-state index in [0.717, 1.165) is 44.9 Å². The second-order valence-corrected chi connectivity index (χ2v) is 11.2. The van der Waals surface area contributed by atoms with Crippen molar-refractivity contribution < 1.29 is 24.3 Å². The smallest absolute Gasteiger partial charge is 0.178 e. The van der Waals surface area contributed by atoms with Gasteiger partial charge in [-0.15, -0.1) is 0 Å². The third-order valence-corrected chi connectivity index (χ3v) is 9.09. The number of allylic oxidation sites excluding steroid dienone is 4. The van der Waals surface area contributed by atoms with Gasteiger partial charge >= 0.3 is 0 Å². The summed E-state index contributed by atoms with van der Waals surface area (Å²) in [4.78, 5) is 12.0. The van der Waals surface area contributed by atoms with Crippen molar-refractivity contribution in [2.24, 2.45) is 28.6 Å². The average molecular weight is 449 g/mol. The van der Waals surface area contributed by atoms with Crippen LogP contribution in [0.1, 0.15) is 65.7 Å². The predicted octanol–water partition coefficient (Wildman–Crippen LogP) is 4.45. The standard InChI is InChI=1S/C25H37O5P/c1-4-5-22(30-31-11-10-26)29-18-13-20-19-7-6-16-12-17(27)8-9-25(16,3)23(19)21(28)15-24(20,2)14-18/h8-9,11-12,18-23,26,28H,4-7,10,13-15H2,1-3H3. The summed E-state index contributed by atoms with van der Waals surface area (Å²) in [6.45, 7) is 6.68. The molecule has 0 aliphatic heterocycles. The van der Waals surface area contributed by atoms with E-state index in [2.05, 4.69) is 26.8 Å². The lowest BCUT2D eigenvalue weighted by molar-refractivity contribution is -0.116. The summed E-state index contributed by atoms with van der Waals surface area (Å²) in [5.41, 5.74) is 1.05. The van der Waals surface area contributed by atoms with Gasteiger partial charge in [0.1, 0.15) is 0 Å². The highest BCUT2D eigenvalue weighted by atomic mass is 31.1. The molecule has 4 aliphatic carbocycles. The van der Waals surface area contributed by atoms with Crippen LogP contribution in [0.25, 0.3) is 0 Å². The van der Waals surface area contributed by atoms with Crippen LogP contribution in [0, 0.1) is 28.6 Å². The van der Waals surface area contributed by atoms with Crippen LogP contribution < -0.4 is 0 Å². The molecule has 0 amide bonds. The number of aliphatic hydroxyl groups excluding tert-OH is 2. The molecule has 4 rings (SSSR count). The van der Waals surface area contributed by atoms with Crippen molar-refractivity contribution in [2.75, 3.05) is 6.61 Å². The molecule has 0 radical (unpaired) electrons. The summed E-state index contributed by atoms with van der Waals surface area (Å²) >= 11 is 0. The molecular formula is C25H37O5P. The molecule has 3 fully saturated rings. The first kappa shape index (κ1) is 23.3. The van der Waals surface area contributed by atoms with E-state index in [1.807, 2.05) is 6.08 Å². The lowest BCUT2D eigenvalue weighted by Gasteiger charge is -2.57. The van der Waals surface area contributed by atoms with Crippen LogP contribution in [0.15, 0.2) is 23.8 Å². The minimum atomic E-state index is -0.364. The van der Waals surface area contributed by atoms with Crippen molar-refractivity contribution in [3.63, 3.8) is 0 Å². The number of carbonyl (C=O) groups excluding carboxylic acids is 1. The Morgan fingerprint density at radius 3 is 2.90 bits per heavy atom. The van der Waals surface area contributed by atoms with Crippen molar-refractivity contribution in [1.29, 1.82) is 0 Å². The SMILES string of the molecule is CCCC(OP=CCO)OC1CC2C3CCC4=CC(=O)C=CC4(C)C3C(O)CC2(C)C1. The zero-order valence-corrected chi connectivity index (χ0v) is 19.9. The quantitative estimate of drug-likeness (QED) is 0.445. The molecule has 172 valence electrons. The summed E-state index contributed by atoms with van der Waals surface area (Å²) in [6, 6.07) is 0. The monoisotopic (exact) mass is 448 g/mol. The topological polar surface area (TPSA) is 76.0 Å². The second-order valence-electron chi connectivity index (χ2n) is 10.4. The Morgan fingerprint density at radius 2 is 2.16 bits per heavy atom. The first-order chi connectivity index (χ1) is 14.8. The Morgan fingerprint density at radius 1 is 1.35 bits per heavy atom. The maximum atomic E-state index is 12.0. The highest BCUT2D eigenvalue weighted by Crippen LogP contribution is 2.64. The fraction of sp³-hybridized carbons (Fsp3) is 0.760. The zero-order chi connectivity index (χ0) is 22.2. The number of fused-ring (bicyclic) bond motifs is 5. The number of hydrogen-bond donors (Lipinski definition) is 2. The Hall–Kier alpha value is -0.840. The normalized spacial score (nSPS) is 42.8. The molecule has 4 aliphatic rings. The molecule has 6 heteroatoms. The van der Waals surface area contributed by atoms with Crippen molar-refractivity contribution in [2.45, 2.75) is 84.2 Å². The fourth-order valence-corrected chi connectivity index (χ4v) is 7.63. The molecule has 8 unspecified atom stereocenters. The molecule has 8 atom stereocenters. The van der Waals surface area contributed by atoms with E-state index in [9.17, 15) is 9.90 Å². The summed E-state index contributed by atoms with van der Waals surface area (Å²) < 4.78 is 12.3. The van der Waals surface area contributed by atoms with Gasteiger partial charge in [-0.3, -0.25) is 9.32 Å². The van der Waals surface area contributed by atoms with Crippen LogP contribution in [0.4, 0.5) is 0 Å². The largest absolute Gasteiger partial charge is 0.393 e. The van der Waals surface area contributed by atoms with Gasteiger partial charge in [-0.2, -0.15) is 0 Å². The maximum absolute atomic E-state index is 12.0. The Kier molecular flexibility index (Phi) is 6.91. The average Bonchev–Trinajstić information content (AvgIpc) is 3.04. The van der Waals surface area contributed by atoms with Crippen LogP contribution in [-0.4, -0.2) is 46.9 Å². The lowest BCUT2D eigenvalue weighted by Crippen LogP contribution is -2.54. The molecule has 3 saturated carbocycles. The van der Waals surface area contributed by atoms with Crippen molar-refractivity contribution in [3.8, 4) is 0 Å².